The maximum Gasteiger partial charge on any atom is 0.270 e. The topological polar surface area (TPSA) is 72.2 Å². The van der Waals surface area contributed by atoms with Gasteiger partial charge in [-0.05, 0) is 24.5 Å². The number of hydrogen-bond donors (Lipinski definition) is 1. The van der Waals surface area contributed by atoms with Gasteiger partial charge in [-0.3, -0.25) is 14.9 Å². The number of nitro groups is 1. The van der Waals surface area contributed by atoms with Crippen LogP contribution in [-0.4, -0.2) is 17.4 Å². The lowest BCUT2D eigenvalue weighted by atomic mass is 10.1. The molecule has 0 unspecified atom stereocenters. The number of benzene rings is 1. The van der Waals surface area contributed by atoms with E-state index >= 15 is 0 Å². The second-order valence-electron chi connectivity index (χ2n) is 4.42. The van der Waals surface area contributed by atoms with Crippen molar-refractivity contribution in [2.75, 3.05) is 6.54 Å². The van der Waals surface area contributed by atoms with Crippen LogP contribution in [0.3, 0.4) is 0 Å². The second-order valence-corrected chi connectivity index (χ2v) is 4.42. The summed E-state index contributed by atoms with van der Waals surface area (Å²) in [6, 6.07) is 4.38. The van der Waals surface area contributed by atoms with E-state index in [0.29, 0.717) is 23.6 Å². The largest absolute Gasteiger partial charge is 0.352 e. The number of carbonyl (C=O) groups is 1. The van der Waals surface area contributed by atoms with Crippen molar-refractivity contribution in [2.24, 2.45) is 5.92 Å². The van der Waals surface area contributed by atoms with Gasteiger partial charge in [0.15, 0.2) is 0 Å². The quantitative estimate of drug-likeness (QED) is 0.644. The van der Waals surface area contributed by atoms with Crippen LogP contribution in [0.15, 0.2) is 18.2 Å². The van der Waals surface area contributed by atoms with E-state index in [4.69, 9.17) is 0 Å². The van der Waals surface area contributed by atoms with Gasteiger partial charge in [-0.15, -0.1) is 0 Å². The van der Waals surface area contributed by atoms with Gasteiger partial charge >= 0.3 is 0 Å². The molecule has 1 rings (SSSR count). The minimum atomic E-state index is -0.494. The predicted molar refractivity (Wildman–Crippen MR) is 65.0 cm³/mol. The van der Waals surface area contributed by atoms with E-state index in [1.807, 2.05) is 13.8 Å². The Bertz CT molecular complexity index is 441. The standard InChI is InChI=1S/C12H16N2O3/c1-8(2)7-13-12(15)10-4-9(3)5-11(6-10)14(16)17/h4-6,8H,7H2,1-3H3,(H,13,15). The predicted octanol–water partition coefficient (Wildman–Crippen LogP) is 2.29. The van der Waals surface area contributed by atoms with Crippen LogP contribution >= 0.6 is 0 Å². The van der Waals surface area contributed by atoms with Gasteiger partial charge in [0.25, 0.3) is 11.6 Å². The molecule has 0 fully saturated rings. The summed E-state index contributed by atoms with van der Waals surface area (Å²) in [6.07, 6.45) is 0. The summed E-state index contributed by atoms with van der Waals surface area (Å²) >= 11 is 0. The molecule has 0 spiro atoms. The summed E-state index contributed by atoms with van der Waals surface area (Å²) in [5.41, 5.74) is 0.978. The number of aryl methyl sites for hydroxylation is 1. The normalized spacial score (nSPS) is 10.4. The Labute approximate surface area is 100.0 Å². The molecule has 1 amide bonds. The van der Waals surface area contributed by atoms with Crippen molar-refractivity contribution in [1.82, 2.24) is 5.32 Å². The minimum absolute atomic E-state index is 0.0558. The fourth-order valence-electron chi connectivity index (χ4n) is 1.40. The zero-order chi connectivity index (χ0) is 13.0. The lowest BCUT2D eigenvalue weighted by Crippen LogP contribution is -2.27. The van der Waals surface area contributed by atoms with E-state index in [1.165, 1.54) is 12.1 Å². The van der Waals surface area contributed by atoms with E-state index < -0.39 is 4.92 Å². The molecule has 1 aromatic carbocycles. The number of carbonyl (C=O) groups excluding carboxylic acids is 1. The number of nitro benzene ring substituents is 1. The van der Waals surface area contributed by atoms with Gasteiger partial charge in [-0.25, -0.2) is 0 Å². The second kappa shape index (κ2) is 5.43. The number of non-ortho nitro benzene ring substituents is 1. The molecule has 5 nitrogen and oxygen atoms in total. The van der Waals surface area contributed by atoms with Crippen LogP contribution in [-0.2, 0) is 0 Å². The monoisotopic (exact) mass is 236 g/mol. The minimum Gasteiger partial charge on any atom is -0.352 e. The Morgan fingerprint density at radius 3 is 2.59 bits per heavy atom. The molecule has 0 heterocycles. The first kappa shape index (κ1) is 13.2. The van der Waals surface area contributed by atoms with Crippen LogP contribution in [0, 0.1) is 23.0 Å². The van der Waals surface area contributed by atoms with E-state index in [1.54, 1.807) is 13.0 Å². The third-order valence-electron chi connectivity index (χ3n) is 2.21. The van der Waals surface area contributed by atoms with Crippen molar-refractivity contribution >= 4 is 11.6 Å². The summed E-state index contributed by atoms with van der Waals surface area (Å²) < 4.78 is 0. The summed E-state index contributed by atoms with van der Waals surface area (Å²) in [5, 5.41) is 13.4. The molecule has 0 aliphatic heterocycles. The van der Waals surface area contributed by atoms with Gasteiger partial charge in [-0.2, -0.15) is 0 Å². The Morgan fingerprint density at radius 2 is 2.06 bits per heavy atom. The number of rotatable bonds is 4. The molecule has 5 heteroatoms. The molecule has 0 aliphatic carbocycles. The summed E-state index contributed by atoms with van der Waals surface area (Å²) in [5.74, 6) is 0.0734. The van der Waals surface area contributed by atoms with Crippen molar-refractivity contribution in [2.45, 2.75) is 20.8 Å². The lowest BCUT2D eigenvalue weighted by molar-refractivity contribution is -0.384. The van der Waals surface area contributed by atoms with Gasteiger partial charge in [-0.1, -0.05) is 13.8 Å². The first-order chi connectivity index (χ1) is 7.90. The van der Waals surface area contributed by atoms with Crippen molar-refractivity contribution in [3.05, 3.63) is 39.4 Å². The molecule has 0 atom stereocenters. The van der Waals surface area contributed by atoms with Gasteiger partial charge in [0.1, 0.15) is 0 Å². The van der Waals surface area contributed by atoms with Crippen LogP contribution in [0.2, 0.25) is 0 Å². The average Bonchev–Trinajstić information content (AvgIpc) is 2.24. The SMILES string of the molecule is Cc1cc(C(=O)NCC(C)C)cc([N+](=O)[O-])c1. The van der Waals surface area contributed by atoms with Crippen molar-refractivity contribution in [3.8, 4) is 0 Å². The summed E-state index contributed by atoms with van der Waals surface area (Å²) in [7, 11) is 0. The molecule has 0 bridgehead atoms. The van der Waals surface area contributed by atoms with Crippen LogP contribution in [0.5, 0.6) is 0 Å². The zero-order valence-electron chi connectivity index (χ0n) is 10.2. The highest BCUT2D eigenvalue weighted by Gasteiger charge is 2.13. The van der Waals surface area contributed by atoms with Gasteiger partial charge < -0.3 is 5.32 Å². The number of hydrogen-bond acceptors (Lipinski definition) is 3. The molecule has 92 valence electrons. The van der Waals surface area contributed by atoms with Crippen molar-refractivity contribution in [3.63, 3.8) is 0 Å². The fourth-order valence-corrected chi connectivity index (χ4v) is 1.40. The molecule has 0 aromatic heterocycles. The highest BCUT2D eigenvalue weighted by molar-refractivity contribution is 5.95. The van der Waals surface area contributed by atoms with Crippen LogP contribution in [0.1, 0.15) is 29.8 Å². The van der Waals surface area contributed by atoms with Crippen LogP contribution in [0.25, 0.3) is 0 Å². The van der Waals surface area contributed by atoms with E-state index in [0.717, 1.165) is 0 Å². The van der Waals surface area contributed by atoms with Gasteiger partial charge in [0.05, 0.1) is 4.92 Å². The van der Waals surface area contributed by atoms with Crippen LogP contribution < -0.4 is 5.32 Å². The molecule has 1 aromatic rings. The van der Waals surface area contributed by atoms with Crippen LogP contribution in [0.4, 0.5) is 5.69 Å². The smallest absolute Gasteiger partial charge is 0.270 e. The first-order valence-corrected chi connectivity index (χ1v) is 5.44. The molecule has 1 N–H and O–H groups in total. The Morgan fingerprint density at radius 1 is 1.41 bits per heavy atom. The molecular formula is C12H16N2O3. The summed E-state index contributed by atoms with van der Waals surface area (Å²) in [6.45, 7) is 6.25. The number of nitrogens with one attached hydrogen (secondary N) is 1. The van der Waals surface area contributed by atoms with Gasteiger partial charge in [0.2, 0.25) is 0 Å². The molecule has 0 aliphatic rings. The Balaban J connectivity index is 2.90. The van der Waals surface area contributed by atoms with E-state index in [9.17, 15) is 14.9 Å². The van der Waals surface area contributed by atoms with E-state index in [2.05, 4.69) is 5.32 Å². The number of amides is 1. The third kappa shape index (κ3) is 3.86. The highest BCUT2D eigenvalue weighted by atomic mass is 16.6. The molecule has 0 radical (unpaired) electrons. The molecule has 17 heavy (non-hydrogen) atoms. The van der Waals surface area contributed by atoms with E-state index in [-0.39, 0.29) is 11.6 Å². The number of nitrogens with zero attached hydrogens (tertiary/aromatic N) is 1. The Hall–Kier alpha value is -1.91. The average molecular weight is 236 g/mol. The maximum absolute atomic E-state index is 11.7. The highest BCUT2D eigenvalue weighted by Crippen LogP contribution is 2.16. The lowest BCUT2D eigenvalue weighted by Gasteiger charge is -2.08. The summed E-state index contributed by atoms with van der Waals surface area (Å²) in [4.78, 5) is 21.9. The zero-order valence-corrected chi connectivity index (χ0v) is 10.2. The molecule has 0 saturated carbocycles. The molecular weight excluding hydrogens is 220 g/mol. The van der Waals surface area contributed by atoms with Crippen molar-refractivity contribution < 1.29 is 9.72 Å². The Kier molecular flexibility index (Phi) is 4.20. The third-order valence-corrected chi connectivity index (χ3v) is 2.21. The molecule has 0 saturated heterocycles. The first-order valence-electron chi connectivity index (χ1n) is 5.44. The van der Waals surface area contributed by atoms with Gasteiger partial charge in [0, 0.05) is 24.2 Å². The maximum atomic E-state index is 11.7. The fraction of sp³-hybridized carbons (Fsp3) is 0.417. The van der Waals surface area contributed by atoms with Crippen molar-refractivity contribution in [1.29, 1.82) is 0 Å².